The third kappa shape index (κ3) is 3.32. The van der Waals surface area contributed by atoms with Gasteiger partial charge in [0.25, 0.3) is 0 Å². The first-order valence-electron chi connectivity index (χ1n) is 7.54. The second kappa shape index (κ2) is 6.57. The molecule has 0 bridgehead atoms. The molecule has 2 fully saturated rings. The predicted molar refractivity (Wildman–Crippen MR) is 76.8 cm³/mol. The van der Waals surface area contributed by atoms with Gasteiger partial charge < -0.3 is 19.9 Å². The van der Waals surface area contributed by atoms with Crippen molar-refractivity contribution >= 4 is 0 Å². The summed E-state index contributed by atoms with van der Waals surface area (Å²) in [6.07, 6.45) is 4.21. The van der Waals surface area contributed by atoms with Crippen molar-refractivity contribution in [2.75, 3.05) is 19.8 Å². The number of hydrogen-bond acceptors (Lipinski definition) is 4. The van der Waals surface area contributed by atoms with Crippen LogP contribution in [0.1, 0.15) is 37.2 Å². The van der Waals surface area contributed by atoms with E-state index in [-0.39, 0.29) is 12.3 Å². The number of nitrogens with two attached hydrogens (primary N) is 1. The van der Waals surface area contributed by atoms with Crippen LogP contribution in [-0.4, -0.2) is 32.2 Å². The number of rotatable bonds is 3. The van der Waals surface area contributed by atoms with Gasteiger partial charge in [-0.05, 0) is 37.0 Å². The average Bonchev–Trinajstić information content (AvgIpc) is 2.50. The lowest BCUT2D eigenvalue weighted by Crippen LogP contribution is -2.37. The zero-order chi connectivity index (χ0) is 13.8. The van der Waals surface area contributed by atoms with Gasteiger partial charge >= 0.3 is 0 Å². The summed E-state index contributed by atoms with van der Waals surface area (Å²) in [7, 11) is 0. The molecule has 2 aliphatic heterocycles. The van der Waals surface area contributed by atoms with Gasteiger partial charge in [-0.1, -0.05) is 12.1 Å². The van der Waals surface area contributed by atoms with E-state index < -0.39 is 0 Å². The minimum Gasteiger partial charge on any atom is -0.465 e. The molecule has 0 aliphatic carbocycles. The van der Waals surface area contributed by atoms with E-state index >= 15 is 0 Å². The van der Waals surface area contributed by atoms with Gasteiger partial charge in [0.05, 0.1) is 13.2 Å². The van der Waals surface area contributed by atoms with Crippen LogP contribution in [-0.2, 0) is 9.47 Å². The molecule has 0 saturated carbocycles. The molecule has 20 heavy (non-hydrogen) atoms. The molecule has 2 aliphatic rings. The average molecular weight is 277 g/mol. The maximum absolute atomic E-state index is 6.12. The van der Waals surface area contributed by atoms with Crippen LogP contribution >= 0.6 is 0 Å². The van der Waals surface area contributed by atoms with E-state index in [1.807, 2.05) is 12.1 Å². The highest BCUT2D eigenvalue weighted by molar-refractivity contribution is 5.30. The van der Waals surface area contributed by atoms with Gasteiger partial charge in [-0.25, -0.2) is 0 Å². The Kier molecular flexibility index (Phi) is 4.55. The predicted octanol–water partition coefficient (Wildman–Crippen LogP) is 2.42. The summed E-state index contributed by atoms with van der Waals surface area (Å²) in [5.74, 6) is 1.27. The lowest BCUT2D eigenvalue weighted by Gasteiger charge is -2.29. The molecule has 2 heterocycles. The Morgan fingerprint density at radius 3 is 2.60 bits per heavy atom. The molecule has 4 heteroatoms. The molecule has 0 radical (unpaired) electrons. The summed E-state index contributed by atoms with van der Waals surface area (Å²) in [6.45, 7) is 2.26. The van der Waals surface area contributed by atoms with Gasteiger partial charge in [-0.15, -0.1) is 0 Å². The highest BCUT2D eigenvalue weighted by atomic mass is 16.7. The standard InChI is InChI=1S/C16H23NO3/c17-15-11-18-10-8-14(15)12-4-6-13(7-5-12)20-16-3-1-2-9-19-16/h4-7,14-16H,1-3,8-11,17H2. The van der Waals surface area contributed by atoms with Crippen molar-refractivity contribution in [2.24, 2.45) is 5.73 Å². The second-order valence-electron chi connectivity index (χ2n) is 5.62. The molecule has 1 aromatic carbocycles. The lowest BCUT2D eigenvalue weighted by molar-refractivity contribution is -0.105. The number of hydrogen-bond donors (Lipinski definition) is 1. The fourth-order valence-corrected chi connectivity index (χ4v) is 2.92. The minimum atomic E-state index is -0.0834. The maximum atomic E-state index is 6.12. The van der Waals surface area contributed by atoms with E-state index in [4.69, 9.17) is 19.9 Å². The molecule has 0 spiro atoms. The van der Waals surface area contributed by atoms with E-state index in [9.17, 15) is 0 Å². The Labute approximate surface area is 120 Å². The van der Waals surface area contributed by atoms with E-state index in [1.54, 1.807) is 0 Å². The molecular weight excluding hydrogens is 254 g/mol. The van der Waals surface area contributed by atoms with Crippen LogP contribution in [0.25, 0.3) is 0 Å². The van der Waals surface area contributed by atoms with Gasteiger partial charge in [0, 0.05) is 25.0 Å². The van der Waals surface area contributed by atoms with Crippen molar-refractivity contribution < 1.29 is 14.2 Å². The molecule has 4 nitrogen and oxygen atoms in total. The van der Waals surface area contributed by atoms with Crippen molar-refractivity contribution in [1.29, 1.82) is 0 Å². The first-order valence-corrected chi connectivity index (χ1v) is 7.54. The van der Waals surface area contributed by atoms with Crippen molar-refractivity contribution in [3.05, 3.63) is 29.8 Å². The molecule has 1 aromatic rings. The van der Waals surface area contributed by atoms with Crippen LogP contribution in [0.15, 0.2) is 24.3 Å². The van der Waals surface area contributed by atoms with Crippen LogP contribution < -0.4 is 10.5 Å². The van der Waals surface area contributed by atoms with Crippen LogP contribution in [0.4, 0.5) is 0 Å². The Morgan fingerprint density at radius 1 is 1.05 bits per heavy atom. The van der Waals surface area contributed by atoms with E-state index in [2.05, 4.69) is 12.1 Å². The third-order valence-corrected chi connectivity index (χ3v) is 4.11. The summed E-state index contributed by atoms with van der Waals surface area (Å²) in [5.41, 5.74) is 7.40. The molecule has 110 valence electrons. The van der Waals surface area contributed by atoms with Gasteiger partial charge in [0.2, 0.25) is 0 Å². The SMILES string of the molecule is NC1COCCC1c1ccc(OC2CCCCO2)cc1. The quantitative estimate of drug-likeness (QED) is 0.922. The zero-order valence-corrected chi connectivity index (χ0v) is 11.8. The summed E-state index contributed by atoms with van der Waals surface area (Å²) < 4.78 is 16.8. The molecule has 3 rings (SSSR count). The molecule has 0 amide bonds. The first-order chi connectivity index (χ1) is 9.83. The fraction of sp³-hybridized carbons (Fsp3) is 0.625. The van der Waals surface area contributed by atoms with Gasteiger partial charge in [0.15, 0.2) is 6.29 Å². The molecular formula is C16H23NO3. The van der Waals surface area contributed by atoms with Gasteiger partial charge in [-0.3, -0.25) is 0 Å². The molecule has 2 N–H and O–H groups in total. The maximum Gasteiger partial charge on any atom is 0.199 e. The van der Waals surface area contributed by atoms with Crippen LogP contribution in [0.2, 0.25) is 0 Å². The van der Waals surface area contributed by atoms with Gasteiger partial charge in [-0.2, -0.15) is 0 Å². The highest BCUT2D eigenvalue weighted by Gasteiger charge is 2.24. The van der Waals surface area contributed by atoms with Gasteiger partial charge in [0.1, 0.15) is 5.75 Å². The molecule has 0 aromatic heterocycles. The fourth-order valence-electron chi connectivity index (χ4n) is 2.92. The van der Waals surface area contributed by atoms with Crippen molar-refractivity contribution in [3.63, 3.8) is 0 Å². The Hall–Kier alpha value is -1.10. The second-order valence-corrected chi connectivity index (χ2v) is 5.62. The number of ether oxygens (including phenoxy) is 3. The Morgan fingerprint density at radius 2 is 1.90 bits per heavy atom. The molecule has 3 atom stereocenters. The minimum absolute atomic E-state index is 0.0834. The summed E-state index contributed by atoms with van der Waals surface area (Å²) in [4.78, 5) is 0. The zero-order valence-electron chi connectivity index (χ0n) is 11.8. The summed E-state index contributed by atoms with van der Waals surface area (Å²) in [5, 5.41) is 0. The Balaban J connectivity index is 1.61. The van der Waals surface area contributed by atoms with Crippen molar-refractivity contribution in [1.82, 2.24) is 0 Å². The van der Waals surface area contributed by atoms with Crippen LogP contribution in [0.5, 0.6) is 5.75 Å². The van der Waals surface area contributed by atoms with E-state index in [0.717, 1.165) is 38.2 Å². The van der Waals surface area contributed by atoms with E-state index in [1.165, 1.54) is 12.0 Å². The summed E-state index contributed by atoms with van der Waals surface area (Å²) >= 11 is 0. The Bertz CT molecular complexity index is 414. The van der Waals surface area contributed by atoms with E-state index in [0.29, 0.717) is 12.5 Å². The van der Waals surface area contributed by atoms with Crippen LogP contribution in [0, 0.1) is 0 Å². The normalized spacial score (nSPS) is 30.9. The first kappa shape index (κ1) is 13.9. The van der Waals surface area contributed by atoms with Crippen molar-refractivity contribution in [2.45, 2.75) is 43.9 Å². The topological polar surface area (TPSA) is 53.7 Å². The largest absolute Gasteiger partial charge is 0.465 e. The highest BCUT2D eigenvalue weighted by Crippen LogP contribution is 2.28. The number of benzene rings is 1. The summed E-state index contributed by atoms with van der Waals surface area (Å²) in [6, 6.07) is 8.38. The third-order valence-electron chi connectivity index (χ3n) is 4.11. The lowest BCUT2D eigenvalue weighted by atomic mass is 9.88. The smallest absolute Gasteiger partial charge is 0.199 e. The molecule has 3 unspecified atom stereocenters. The molecule has 2 saturated heterocycles. The monoisotopic (exact) mass is 277 g/mol. The van der Waals surface area contributed by atoms with Crippen molar-refractivity contribution in [3.8, 4) is 5.75 Å². The van der Waals surface area contributed by atoms with Crippen LogP contribution in [0.3, 0.4) is 0 Å².